The van der Waals surface area contributed by atoms with Gasteiger partial charge in [-0.05, 0) is 48.4 Å². The number of carbonyl (C=O) groups excluding carboxylic acids is 1. The Kier molecular flexibility index (Phi) is 7.11. The van der Waals surface area contributed by atoms with Crippen LogP contribution in [0.5, 0.6) is 0 Å². The lowest BCUT2D eigenvalue weighted by atomic mass is 9.88. The Labute approximate surface area is 173 Å². The Balaban J connectivity index is 0.00000225. The molecule has 2 aliphatic rings. The molecule has 4 rings (SSSR count). The minimum atomic E-state index is 0. The van der Waals surface area contributed by atoms with Gasteiger partial charge in [-0.1, -0.05) is 54.6 Å². The smallest absolute Gasteiger partial charge is 0.234 e. The molecule has 0 bridgehead atoms. The van der Waals surface area contributed by atoms with Gasteiger partial charge in [-0.25, -0.2) is 0 Å². The average Bonchev–Trinajstić information content (AvgIpc) is 3.11. The summed E-state index contributed by atoms with van der Waals surface area (Å²) in [5.41, 5.74) is 10.0. The van der Waals surface area contributed by atoms with Crippen LogP contribution in [0.2, 0.25) is 0 Å². The maximum atomic E-state index is 12.7. The summed E-state index contributed by atoms with van der Waals surface area (Å²) in [6.45, 7) is 2.91. The van der Waals surface area contributed by atoms with Gasteiger partial charge in [0.2, 0.25) is 5.91 Å². The zero-order valence-electron chi connectivity index (χ0n) is 16.2. The molecule has 3 N–H and O–H groups in total. The molecule has 0 radical (unpaired) electrons. The maximum Gasteiger partial charge on any atom is 0.234 e. The largest absolute Gasteiger partial charge is 0.348 e. The summed E-state index contributed by atoms with van der Waals surface area (Å²) < 4.78 is 0. The molecule has 1 unspecified atom stereocenters. The van der Waals surface area contributed by atoms with Crippen LogP contribution >= 0.6 is 12.4 Å². The molecule has 0 spiro atoms. The predicted octanol–water partition coefficient (Wildman–Crippen LogP) is 3.28. The second-order valence-electron chi connectivity index (χ2n) is 7.92. The number of nitrogens with two attached hydrogens (primary N) is 1. The Hall–Kier alpha value is -1.88. The fourth-order valence-corrected chi connectivity index (χ4v) is 4.75. The molecule has 1 aliphatic heterocycles. The van der Waals surface area contributed by atoms with Gasteiger partial charge >= 0.3 is 0 Å². The van der Waals surface area contributed by atoms with Gasteiger partial charge in [0.1, 0.15) is 0 Å². The fraction of sp³-hybridized carbons (Fsp3) is 0.435. The normalized spacial score (nSPS) is 24.2. The molecule has 3 atom stereocenters. The number of halogens is 1. The number of aryl methyl sites for hydroxylation is 1. The van der Waals surface area contributed by atoms with E-state index in [1.807, 2.05) is 6.07 Å². The number of nitrogens with one attached hydrogen (secondary N) is 1. The molecule has 1 amide bonds. The van der Waals surface area contributed by atoms with E-state index in [1.54, 1.807) is 0 Å². The van der Waals surface area contributed by atoms with Crippen LogP contribution in [0.3, 0.4) is 0 Å². The molecule has 1 aliphatic carbocycles. The van der Waals surface area contributed by atoms with Crippen molar-refractivity contribution in [1.29, 1.82) is 0 Å². The average molecular weight is 400 g/mol. The van der Waals surface area contributed by atoms with Gasteiger partial charge in [-0.2, -0.15) is 0 Å². The van der Waals surface area contributed by atoms with Gasteiger partial charge in [0.25, 0.3) is 0 Å². The second-order valence-corrected chi connectivity index (χ2v) is 7.92. The van der Waals surface area contributed by atoms with Gasteiger partial charge in [0, 0.05) is 19.0 Å². The van der Waals surface area contributed by atoms with Crippen molar-refractivity contribution in [2.24, 2.45) is 11.7 Å². The van der Waals surface area contributed by atoms with Crippen molar-refractivity contribution < 1.29 is 4.79 Å². The van der Waals surface area contributed by atoms with Crippen LogP contribution in [0, 0.1) is 5.92 Å². The van der Waals surface area contributed by atoms with Gasteiger partial charge < -0.3 is 11.1 Å². The summed E-state index contributed by atoms with van der Waals surface area (Å²) in [6, 6.07) is 19.2. The monoisotopic (exact) mass is 399 g/mol. The van der Waals surface area contributed by atoms with Crippen LogP contribution in [0.1, 0.15) is 41.5 Å². The van der Waals surface area contributed by atoms with Crippen LogP contribution in [0.15, 0.2) is 54.6 Å². The molecule has 1 fully saturated rings. The van der Waals surface area contributed by atoms with E-state index in [1.165, 1.54) is 16.7 Å². The summed E-state index contributed by atoms with van der Waals surface area (Å²) in [5.74, 6) is 0.955. The third kappa shape index (κ3) is 4.57. The SMILES string of the molecule is Cl.NC[C@@H]1CN(CC(=O)NC2CCCc3ccccc32)C[C@H]1c1ccccc1. The molecule has 0 saturated carbocycles. The van der Waals surface area contributed by atoms with E-state index in [2.05, 4.69) is 58.7 Å². The lowest BCUT2D eigenvalue weighted by Crippen LogP contribution is -2.39. The van der Waals surface area contributed by atoms with Gasteiger partial charge in [-0.3, -0.25) is 9.69 Å². The van der Waals surface area contributed by atoms with Crippen molar-refractivity contribution in [2.45, 2.75) is 31.2 Å². The van der Waals surface area contributed by atoms with E-state index in [0.717, 1.165) is 32.4 Å². The number of carbonyl (C=O) groups is 1. The number of hydrogen-bond acceptors (Lipinski definition) is 3. The second kappa shape index (κ2) is 9.55. The zero-order chi connectivity index (χ0) is 18.6. The van der Waals surface area contributed by atoms with Crippen LogP contribution in [0.25, 0.3) is 0 Å². The topological polar surface area (TPSA) is 58.4 Å². The minimum Gasteiger partial charge on any atom is -0.348 e. The van der Waals surface area contributed by atoms with Crippen LogP contribution in [-0.2, 0) is 11.2 Å². The Bertz CT molecular complexity index is 782. The third-order valence-electron chi connectivity index (χ3n) is 6.12. The summed E-state index contributed by atoms with van der Waals surface area (Å²) in [5, 5.41) is 3.28. The van der Waals surface area contributed by atoms with Crippen molar-refractivity contribution in [3.63, 3.8) is 0 Å². The van der Waals surface area contributed by atoms with Crippen LogP contribution in [0.4, 0.5) is 0 Å². The van der Waals surface area contributed by atoms with E-state index >= 15 is 0 Å². The van der Waals surface area contributed by atoms with Crippen molar-refractivity contribution >= 4 is 18.3 Å². The number of benzene rings is 2. The van der Waals surface area contributed by atoms with E-state index in [4.69, 9.17) is 5.73 Å². The molecule has 2 aromatic carbocycles. The lowest BCUT2D eigenvalue weighted by Gasteiger charge is -2.27. The van der Waals surface area contributed by atoms with Crippen molar-refractivity contribution in [3.8, 4) is 0 Å². The number of hydrogen-bond donors (Lipinski definition) is 2. The van der Waals surface area contributed by atoms with E-state index in [0.29, 0.717) is 24.9 Å². The molecule has 1 saturated heterocycles. The van der Waals surface area contributed by atoms with Crippen molar-refractivity contribution in [2.75, 3.05) is 26.2 Å². The Morgan fingerprint density at radius 3 is 2.61 bits per heavy atom. The van der Waals surface area contributed by atoms with Crippen molar-refractivity contribution in [1.82, 2.24) is 10.2 Å². The number of likely N-dealkylation sites (tertiary alicyclic amines) is 1. The summed E-state index contributed by atoms with van der Waals surface area (Å²) in [7, 11) is 0. The van der Waals surface area contributed by atoms with Crippen LogP contribution in [-0.4, -0.2) is 37.0 Å². The highest BCUT2D eigenvalue weighted by atomic mass is 35.5. The molecular weight excluding hydrogens is 370 g/mol. The first-order valence-electron chi connectivity index (χ1n) is 10.1. The molecule has 4 nitrogen and oxygen atoms in total. The van der Waals surface area contributed by atoms with E-state index in [-0.39, 0.29) is 24.4 Å². The standard InChI is InChI=1S/C23H29N3O.ClH/c24-13-19-14-26(15-21(19)18-7-2-1-3-8-18)16-23(27)25-22-12-6-10-17-9-4-5-11-20(17)22;/h1-5,7-9,11,19,21-22H,6,10,12-16,24H2,(H,25,27);1H/t19-,21+,22?;/m1./s1. The minimum absolute atomic E-state index is 0. The number of rotatable bonds is 5. The maximum absolute atomic E-state index is 12.7. The summed E-state index contributed by atoms with van der Waals surface area (Å²) in [4.78, 5) is 15.0. The highest BCUT2D eigenvalue weighted by molar-refractivity contribution is 5.85. The van der Waals surface area contributed by atoms with Crippen LogP contribution < -0.4 is 11.1 Å². The zero-order valence-corrected chi connectivity index (χ0v) is 17.0. The van der Waals surface area contributed by atoms with E-state index in [9.17, 15) is 4.79 Å². The first-order valence-corrected chi connectivity index (χ1v) is 10.1. The Morgan fingerprint density at radius 2 is 1.82 bits per heavy atom. The number of amides is 1. The molecule has 0 aromatic heterocycles. The highest BCUT2D eigenvalue weighted by Crippen LogP contribution is 2.32. The summed E-state index contributed by atoms with van der Waals surface area (Å²) >= 11 is 0. The molecule has 150 valence electrons. The predicted molar refractivity (Wildman–Crippen MR) is 116 cm³/mol. The first kappa shape index (κ1) is 20.8. The summed E-state index contributed by atoms with van der Waals surface area (Å²) in [6.07, 6.45) is 3.28. The molecule has 5 heteroatoms. The highest BCUT2D eigenvalue weighted by Gasteiger charge is 2.34. The van der Waals surface area contributed by atoms with Gasteiger partial charge in [0.05, 0.1) is 12.6 Å². The quantitative estimate of drug-likeness (QED) is 0.811. The van der Waals surface area contributed by atoms with E-state index < -0.39 is 0 Å². The van der Waals surface area contributed by atoms with Gasteiger partial charge in [-0.15, -0.1) is 12.4 Å². The molecule has 1 heterocycles. The first-order chi connectivity index (χ1) is 13.2. The van der Waals surface area contributed by atoms with Gasteiger partial charge in [0.15, 0.2) is 0 Å². The number of fused-ring (bicyclic) bond motifs is 1. The third-order valence-corrected chi connectivity index (χ3v) is 6.12. The van der Waals surface area contributed by atoms with Crippen molar-refractivity contribution in [3.05, 3.63) is 71.3 Å². The fourth-order valence-electron chi connectivity index (χ4n) is 4.75. The molecule has 28 heavy (non-hydrogen) atoms. The molecule has 2 aromatic rings. The Morgan fingerprint density at radius 1 is 1.07 bits per heavy atom. The molecular formula is C23H30ClN3O. The lowest BCUT2D eigenvalue weighted by molar-refractivity contribution is -0.122. The number of nitrogens with zero attached hydrogens (tertiary/aromatic N) is 1.